The second-order valence-corrected chi connectivity index (χ2v) is 5.05. The van der Waals surface area contributed by atoms with Crippen molar-refractivity contribution in [2.75, 3.05) is 13.2 Å². The van der Waals surface area contributed by atoms with Gasteiger partial charge < -0.3 is 15.2 Å². The average Bonchev–Trinajstić information content (AvgIpc) is 2.36. The minimum Gasteiger partial charge on any atom is -0.494 e. The Labute approximate surface area is 113 Å². The molecular formula is C15H21NO3. The van der Waals surface area contributed by atoms with Gasteiger partial charge in [0, 0.05) is 6.54 Å². The van der Waals surface area contributed by atoms with E-state index in [1.165, 1.54) is 0 Å². The van der Waals surface area contributed by atoms with E-state index in [0.717, 1.165) is 24.2 Å². The third-order valence-corrected chi connectivity index (χ3v) is 3.40. The maximum absolute atomic E-state index is 11.7. The molecular weight excluding hydrogens is 242 g/mol. The minimum absolute atomic E-state index is 0.0329. The molecule has 4 heteroatoms. The monoisotopic (exact) mass is 263 g/mol. The van der Waals surface area contributed by atoms with Gasteiger partial charge in [-0.05, 0) is 43.4 Å². The van der Waals surface area contributed by atoms with Crippen LogP contribution in [0.5, 0.6) is 5.75 Å². The van der Waals surface area contributed by atoms with Gasteiger partial charge in [-0.15, -0.1) is 0 Å². The number of amides is 1. The lowest BCUT2D eigenvalue weighted by Crippen LogP contribution is -2.38. The zero-order valence-electron chi connectivity index (χ0n) is 11.3. The first-order valence-corrected chi connectivity index (χ1v) is 6.84. The van der Waals surface area contributed by atoms with E-state index in [-0.39, 0.29) is 12.0 Å². The van der Waals surface area contributed by atoms with Gasteiger partial charge in [0.05, 0.1) is 19.1 Å². The summed E-state index contributed by atoms with van der Waals surface area (Å²) in [6.45, 7) is 3.26. The molecule has 2 rings (SSSR count). The molecule has 1 amide bonds. The fourth-order valence-corrected chi connectivity index (χ4v) is 2.24. The Kier molecular flexibility index (Phi) is 4.80. The summed E-state index contributed by atoms with van der Waals surface area (Å²) in [6, 6.07) is 7.60. The Hall–Kier alpha value is -1.55. The van der Waals surface area contributed by atoms with Gasteiger partial charge in [0.1, 0.15) is 5.75 Å². The molecule has 1 fully saturated rings. The molecule has 1 aliphatic rings. The van der Waals surface area contributed by atoms with Gasteiger partial charge in [0.15, 0.2) is 0 Å². The van der Waals surface area contributed by atoms with Crippen molar-refractivity contribution in [3.8, 4) is 5.75 Å². The van der Waals surface area contributed by atoms with E-state index in [2.05, 4.69) is 5.32 Å². The van der Waals surface area contributed by atoms with E-state index in [0.29, 0.717) is 25.5 Å². The topological polar surface area (TPSA) is 58.6 Å². The molecule has 0 atom stereocenters. The molecule has 0 aromatic heterocycles. The van der Waals surface area contributed by atoms with Crippen molar-refractivity contribution in [2.45, 2.75) is 32.3 Å². The number of rotatable bonds is 6. The van der Waals surface area contributed by atoms with E-state index in [1.54, 1.807) is 0 Å². The lowest BCUT2D eigenvalue weighted by molar-refractivity contribution is -0.121. The number of benzene rings is 1. The third kappa shape index (κ3) is 4.24. The second kappa shape index (κ2) is 6.57. The number of hydrogen-bond acceptors (Lipinski definition) is 3. The number of carbonyl (C=O) groups excluding carboxylic acids is 1. The van der Waals surface area contributed by atoms with Gasteiger partial charge in [-0.1, -0.05) is 12.1 Å². The lowest BCUT2D eigenvalue weighted by atomic mass is 9.82. The van der Waals surface area contributed by atoms with Gasteiger partial charge in [-0.2, -0.15) is 0 Å². The average molecular weight is 263 g/mol. The van der Waals surface area contributed by atoms with Crippen LogP contribution in [0.25, 0.3) is 0 Å². The summed E-state index contributed by atoms with van der Waals surface area (Å²) < 4.78 is 5.35. The van der Waals surface area contributed by atoms with Gasteiger partial charge >= 0.3 is 0 Å². The first-order chi connectivity index (χ1) is 9.17. The Morgan fingerprint density at radius 1 is 1.37 bits per heavy atom. The molecule has 0 radical (unpaired) electrons. The van der Waals surface area contributed by atoms with Crippen LogP contribution in [-0.2, 0) is 11.2 Å². The Balaban J connectivity index is 1.72. The molecule has 2 N–H and O–H groups in total. The van der Waals surface area contributed by atoms with Gasteiger partial charge in [0.25, 0.3) is 0 Å². The van der Waals surface area contributed by atoms with Gasteiger partial charge in [-0.25, -0.2) is 0 Å². The molecule has 104 valence electrons. The summed E-state index contributed by atoms with van der Waals surface area (Å²) in [5.41, 5.74) is 0.981. The van der Waals surface area contributed by atoms with Crippen LogP contribution >= 0.6 is 0 Å². The molecule has 0 unspecified atom stereocenters. The predicted octanol–water partition coefficient (Wildman–Crippen LogP) is 1.51. The first-order valence-electron chi connectivity index (χ1n) is 6.84. The fourth-order valence-electron chi connectivity index (χ4n) is 2.24. The largest absolute Gasteiger partial charge is 0.494 e. The smallest absolute Gasteiger partial charge is 0.224 e. The molecule has 1 aromatic carbocycles. The number of carbonyl (C=O) groups is 1. The standard InChI is InChI=1S/C15H21NO3/c1-2-19-14-5-3-11(4-6-14)9-15(18)16-10-12-7-13(17)8-12/h3-6,12-13,17H,2,7-10H2,1H3,(H,16,18). The SMILES string of the molecule is CCOc1ccc(CC(=O)NCC2CC(O)C2)cc1. The summed E-state index contributed by atoms with van der Waals surface area (Å²) in [6.07, 6.45) is 1.85. The summed E-state index contributed by atoms with van der Waals surface area (Å²) in [7, 11) is 0. The molecule has 0 spiro atoms. The first kappa shape index (κ1) is 13.9. The highest BCUT2D eigenvalue weighted by atomic mass is 16.5. The van der Waals surface area contributed by atoms with E-state index in [1.807, 2.05) is 31.2 Å². The molecule has 1 aliphatic carbocycles. The van der Waals surface area contributed by atoms with E-state index in [9.17, 15) is 4.79 Å². The normalized spacial score (nSPS) is 21.6. The van der Waals surface area contributed by atoms with Crippen molar-refractivity contribution in [3.63, 3.8) is 0 Å². The Morgan fingerprint density at radius 2 is 2.05 bits per heavy atom. The molecule has 4 nitrogen and oxygen atoms in total. The molecule has 0 heterocycles. The van der Waals surface area contributed by atoms with Crippen molar-refractivity contribution in [3.05, 3.63) is 29.8 Å². The summed E-state index contributed by atoms with van der Waals surface area (Å²) >= 11 is 0. The van der Waals surface area contributed by atoms with Gasteiger partial charge in [-0.3, -0.25) is 4.79 Å². The van der Waals surface area contributed by atoms with Crippen LogP contribution in [0.2, 0.25) is 0 Å². The van der Waals surface area contributed by atoms with E-state index in [4.69, 9.17) is 9.84 Å². The van der Waals surface area contributed by atoms with Crippen LogP contribution in [-0.4, -0.2) is 30.3 Å². The molecule has 1 aromatic rings. The second-order valence-electron chi connectivity index (χ2n) is 5.05. The zero-order valence-corrected chi connectivity index (χ0v) is 11.3. The zero-order chi connectivity index (χ0) is 13.7. The van der Waals surface area contributed by atoms with Gasteiger partial charge in [0.2, 0.25) is 5.91 Å². The molecule has 0 aliphatic heterocycles. The van der Waals surface area contributed by atoms with Crippen LogP contribution in [0.15, 0.2) is 24.3 Å². The number of aliphatic hydroxyl groups excluding tert-OH is 1. The summed E-state index contributed by atoms with van der Waals surface area (Å²) in [5, 5.41) is 12.1. The van der Waals surface area contributed by atoms with Crippen LogP contribution in [0.4, 0.5) is 0 Å². The quantitative estimate of drug-likeness (QED) is 0.818. The number of ether oxygens (including phenoxy) is 1. The maximum atomic E-state index is 11.7. The lowest BCUT2D eigenvalue weighted by Gasteiger charge is -2.31. The number of nitrogens with one attached hydrogen (secondary N) is 1. The molecule has 1 saturated carbocycles. The molecule has 19 heavy (non-hydrogen) atoms. The van der Waals surface area contributed by atoms with Crippen molar-refractivity contribution in [1.29, 1.82) is 0 Å². The molecule has 0 saturated heterocycles. The van der Waals surface area contributed by atoms with E-state index < -0.39 is 0 Å². The minimum atomic E-state index is -0.159. The maximum Gasteiger partial charge on any atom is 0.224 e. The van der Waals surface area contributed by atoms with Crippen molar-refractivity contribution in [1.82, 2.24) is 5.32 Å². The third-order valence-electron chi connectivity index (χ3n) is 3.40. The summed E-state index contributed by atoms with van der Waals surface area (Å²) in [4.78, 5) is 11.7. The van der Waals surface area contributed by atoms with Crippen molar-refractivity contribution in [2.24, 2.45) is 5.92 Å². The highest BCUT2D eigenvalue weighted by Gasteiger charge is 2.26. The van der Waals surface area contributed by atoms with Crippen LogP contribution < -0.4 is 10.1 Å². The Morgan fingerprint density at radius 3 is 2.63 bits per heavy atom. The number of aliphatic hydroxyl groups is 1. The van der Waals surface area contributed by atoms with Crippen LogP contribution in [0.3, 0.4) is 0 Å². The highest BCUT2D eigenvalue weighted by Crippen LogP contribution is 2.26. The van der Waals surface area contributed by atoms with Crippen molar-refractivity contribution >= 4 is 5.91 Å². The predicted molar refractivity (Wildman–Crippen MR) is 73.1 cm³/mol. The van der Waals surface area contributed by atoms with E-state index >= 15 is 0 Å². The molecule has 0 bridgehead atoms. The summed E-state index contributed by atoms with van der Waals surface area (Å²) in [5.74, 6) is 1.31. The highest BCUT2D eigenvalue weighted by molar-refractivity contribution is 5.78. The van der Waals surface area contributed by atoms with Crippen molar-refractivity contribution < 1.29 is 14.6 Å². The Bertz CT molecular complexity index is 410. The number of hydrogen-bond donors (Lipinski definition) is 2. The van der Waals surface area contributed by atoms with Crippen LogP contribution in [0.1, 0.15) is 25.3 Å². The fraction of sp³-hybridized carbons (Fsp3) is 0.533. The van der Waals surface area contributed by atoms with Crippen LogP contribution in [0, 0.1) is 5.92 Å².